The summed E-state index contributed by atoms with van der Waals surface area (Å²) in [5.74, 6) is -0.335. The third-order valence-corrected chi connectivity index (χ3v) is 4.04. The zero-order valence-corrected chi connectivity index (χ0v) is 11.1. The number of carbonyl (C=O) groups excluding carboxylic acids is 1. The van der Waals surface area contributed by atoms with Gasteiger partial charge in [0.2, 0.25) is 0 Å². The van der Waals surface area contributed by atoms with E-state index in [-0.39, 0.29) is 17.9 Å². The first-order valence-corrected chi connectivity index (χ1v) is 7.29. The summed E-state index contributed by atoms with van der Waals surface area (Å²) in [6.07, 6.45) is -1.50. The maximum Gasteiger partial charge on any atom is 0.407 e. The summed E-state index contributed by atoms with van der Waals surface area (Å²) in [5, 5.41) is 12.1. The predicted molar refractivity (Wildman–Crippen MR) is 62.4 cm³/mol. The van der Waals surface area contributed by atoms with E-state index in [4.69, 9.17) is 4.74 Å². The number of ether oxygens (including phenoxy) is 1. The number of nitrogens with one attached hydrogen (secondary N) is 1. The largest absolute Gasteiger partial charge is 0.444 e. The minimum Gasteiger partial charge on any atom is -0.444 e. The number of amides is 1. The molecule has 1 amide bonds. The Kier molecular flexibility index (Phi) is 4.03. The number of alkyl carbamates (subject to hydrolysis) is 1. The summed E-state index contributed by atoms with van der Waals surface area (Å²) in [5.41, 5.74) is -0.615. The summed E-state index contributed by atoms with van der Waals surface area (Å²) in [7, 11) is -3.18. The molecular formula is C10H19NO5S. The molecule has 1 heterocycles. The van der Waals surface area contributed by atoms with Crippen LogP contribution in [0.5, 0.6) is 0 Å². The summed E-state index contributed by atoms with van der Waals surface area (Å²) >= 11 is 0. The fourth-order valence-corrected chi connectivity index (χ4v) is 3.12. The van der Waals surface area contributed by atoms with Crippen molar-refractivity contribution in [2.75, 3.05) is 11.5 Å². The van der Waals surface area contributed by atoms with Gasteiger partial charge in [-0.1, -0.05) is 0 Å². The van der Waals surface area contributed by atoms with E-state index in [9.17, 15) is 18.3 Å². The van der Waals surface area contributed by atoms with Crippen LogP contribution in [-0.4, -0.2) is 48.9 Å². The Hall–Kier alpha value is -0.820. The lowest BCUT2D eigenvalue weighted by Crippen LogP contribution is -2.51. The van der Waals surface area contributed by atoms with E-state index >= 15 is 0 Å². The van der Waals surface area contributed by atoms with Crippen molar-refractivity contribution < 1.29 is 23.1 Å². The second-order valence-corrected chi connectivity index (χ2v) is 7.45. The van der Waals surface area contributed by atoms with Crippen molar-refractivity contribution >= 4 is 15.9 Å². The smallest absolute Gasteiger partial charge is 0.407 e. The monoisotopic (exact) mass is 265 g/mol. The second-order valence-electron chi connectivity index (χ2n) is 5.22. The molecule has 0 bridgehead atoms. The van der Waals surface area contributed by atoms with E-state index in [0.717, 1.165) is 0 Å². The van der Waals surface area contributed by atoms with Crippen LogP contribution in [0.4, 0.5) is 4.79 Å². The Morgan fingerprint density at radius 3 is 2.47 bits per heavy atom. The molecular weight excluding hydrogens is 246 g/mol. The number of rotatable bonds is 1. The van der Waals surface area contributed by atoms with Crippen LogP contribution >= 0.6 is 0 Å². The lowest BCUT2D eigenvalue weighted by atomic mass is 10.1. The maximum absolute atomic E-state index is 11.4. The number of hydrogen-bond acceptors (Lipinski definition) is 5. The highest BCUT2D eigenvalue weighted by atomic mass is 32.2. The van der Waals surface area contributed by atoms with Gasteiger partial charge in [-0.15, -0.1) is 0 Å². The quantitative estimate of drug-likeness (QED) is 0.699. The number of hydrogen-bond donors (Lipinski definition) is 2. The molecule has 7 heteroatoms. The van der Waals surface area contributed by atoms with E-state index in [2.05, 4.69) is 5.32 Å². The lowest BCUT2D eigenvalue weighted by molar-refractivity contribution is 0.0432. The molecule has 0 spiro atoms. The highest BCUT2D eigenvalue weighted by Crippen LogP contribution is 2.14. The van der Waals surface area contributed by atoms with Crippen LogP contribution < -0.4 is 5.32 Å². The fourth-order valence-electron chi connectivity index (χ4n) is 1.59. The van der Waals surface area contributed by atoms with Gasteiger partial charge in [0.05, 0.1) is 23.7 Å². The minimum absolute atomic E-state index is 0.0233. The summed E-state index contributed by atoms with van der Waals surface area (Å²) < 4.78 is 27.5. The van der Waals surface area contributed by atoms with Gasteiger partial charge >= 0.3 is 6.09 Å². The van der Waals surface area contributed by atoms with Crippen molar-refractivity contribution in [2.24, 2.45) is 0 Å². The third kappa shape index (κ3) is 4.91. The number of carbonyl (C=O) groups is 1. The molecule has 1 rings (SSSR count). The Morgan fingerprint density at radius 1 is 1.41 bits per heavy atom. The summed E-state index contributed by atoms with van der Waals surface area (Å²) in [6.45, 7) is 5.19. The maximum atomic E-state index is 11.4. The Labute approximate surface area is 101 Å². The highest BCUT2D eigenvalue weighted by molar-refractivity contribution is 7.91. The van der Waals surface area contributed by atoms with Crippen LogP contribution in [0.2, 0.25) is 0 Å². The molecule has 0 saturated carbocycles. The topological polar surface area (TPSA) is 92.7 Å². The van der Waals surface area contributed by atoms with Crippen LogP contribution in [0, 0.1) is 0 Å². The van der Waals surface area contributed by atoms with Crippen LogP contribution in [0.25, 0.3) is 0 Å². The molecule has 2 atom stereocenters. The van der Waals surface area contributed by atoms with Crippen molar-refractivity contribution in [3.63, 3.8) is 0 Å². The van der Waals surface area contributed by atoms with Crippen LogP contribution in [0.15, 0.2) is 0 Å². The molecule has 0 unspecified atom stereocenters. The molecule has 0 aromatic heterocycles. The minimum atomic E-state index is -3.18. The summed E-state index contributed by atoms with van der Waals surface area (Å²) in [4.78, 5) is 11.4. The van der Waals surface area contributed by atoms with Crippen molar-refractivity contribution in [1.29, 1.82) is 0 Å². The number of aliphatic hydroxyl groups is 1. The first-order valence-electron chi connectivity index (χ1n) is 5.47. The van der Waals surface area contributed by atoms with E-state index in [1.807, 2.05) is 0 Å². The van der Waals surface area contributed by atoms with E-state index in [1.54, 1.807) is 20.8 Å². The molecule has 1 fully saturated rings. The van der Waals surface area contributed by atoms with Crippen LogP contribution in [0.1, 0.15) is 27.2 Å². The van der Waals surface area contributed by atoms with E-state index < -0.39 is 33.7 Å². The van der Waals surface area contributed by atoms with E-state index in [0.29, 0.717) is 0 Å². The van der Waals surface area contributed by atoms with Gasteiger partial charge in [0, 0.05) is 0 Å². The van der Waals surface area contributed by atoms with Gasteiger partial charge in [0.15, 0.2) is 9.84 Å². The average Bonchev–Trinajstić information content (AvgIpc) is 2.06. The highest BCUT2D eigenvalue weighted by Gasteiger charge is 2.33. The molecule has 17 heavy (non-hydrogen) atoms. The van der Waals surface area contributed by atoms with Gasteiger partial charge in [-0.2, -0.15) is 0 Å². The third-order valence-electron chi connectivity index (χ3n) is 2.33. The predicted octanol–water partition coefficient (Wildman–Crippen LogP) is 0.0591. The summed E-state index contributed by atoms with van der Waals surface area (Å²) in [6, 6.07) is -0.562. The van der Waals surface area contributed by atoms with Gasteiger partial charge in [-0.05, 0) is 27.2 Å². The van der Waals surface area contributed by atoms with Gasteiger partial charge in [0.25, 0.3) is 0 Å². The zero-order valence-electron chi connectivity index (χ0n) is 10.3. The normalized spacial score (nSPS) is 28.5. The first kappa shape index (κ1) is 14.2. The average molecular weight is 265 g/mol. The lowest BCUT2D eigenvalue weighted by Gasteiger charge is -2.29. The Morgan fingerprint density at radius 2 is 2.00 bits per heavy atom. The SMILES string of the molecule is CC(C)(C)OC(=O)N[C@H]1CCS(=O)(=O)C[C@H]1O. The molecule has 1 aliphatic heterocycles. The molecule has 0 aliphatic carbocycles. The molecule has 6 nitrogen and oxygen atoms in total. The molecule has 100 valence electrons. The van der Waals surface area contributed by atoms with Crippen LogP contribution in [-0.2, 0) is 14.6 Å². The zero-order chi connectivity index (χ0) is 13.3. The standard InChI is InChI=1S/C10H19NO5S/c1-10(2,3)16-9(13)11-7-4-5-17(14,15)6-8(7)12/h7-8,12H,4-6H2,1-3H3,(H,11,13)/t7-,8+/m0/s1. The van der Waals surface area contributed by atoms with Gasteiger partial charge < -0.3 is 15.2 Å². The molecule has 2 N–H and O–H groups in total. The second kappa shape index (κ2) is 4.81. The fraction of sp³-hybridized carbons (Fsp3) is 0.900. The van der Waals surface area contributed by atoms with Gasteiger partial charge in [-0.25, -0.2) is 13.2 Å². The molecule has 0 aromatic carbocycles. The molecule has 0 aromatic rings. The van der Waals surface area contributed by atoms with Gasteiger partial charge in [-0.3, -0.25) is 0 Å². The number of aliphatic hydroxyl groups excluding tert-OH is 1. The Bertz CT molecular complexity index is 384. The Balaban J connectivity index is 2.51. The van der Waals surface area contributed by atoms with Crippen molar-refractivity contribution in [1.82, 2.24) is 5.32 Å². The van der Waals surface area contributed by atoms with Crippen molar-refractivity contribution in [2.45, 2.75) is 44.9 Å². The first-order chi connectivity index (χ1) is 7.59. The van der Waals surface area contributed by atoms with Crippen molar-refractivity contribution in [3.05, 3.63) is 0 Å². The number of sulfone groups is 1. The van der Waals surface area contributed by atoms with Crippen molar-refractivity contribution in [3.8, 4) is 0 Å². The molecule has 1 aliphatic rings. The molecule has 0 radical (unpaired) electrons. The van der Waals surface area contributed by atoms with Crippen LogP contribution in [0.3, 0.4) is 0 Å². The molecule has 1 saturated heterocycles. The van der Waals surface area contributed by atoms with E-state index in [1.165, 1.54) is 0 Å². The van der Waals surface area contributed by atoms with Gasteiger partial charge in [0.1, 0.15) is 5.60 Å².